The largest absolute Gasteiger partial charge is 0.384 e. The minimum absolute atomic E-state index is 0.261. The van der Waals surface area contributed by atoms with Crippen LogP contribution in [0.4, 0.5) is 10.2 Å². The minimum atomic E-state index is -0.261. The van der Waals surface area contributed by atoms with E-state index in [-0.39, 0.29) is 5.82 Å². The molecule has 0 radical (unpaired) electrons. The van der Waals surface area contributed by atoms with Gasteiger partial charge in [0, 0.05) is 10.9 Å². The van der Waals surface area contributed by atoms with Crippen molar-refractivity contribution in [2.75, 3.05) is 5.73 Å². The molecule has 21 heavy (non-hydrogen) atoms. The van der Waals surface area contributed by atoms with Crippen LogP contribution in [-0.2, 0) is 0 Å². The fourth-order valence-corrected chi connectivity index (χ4v) is 2.26. The molecule has 3 nitrogen and oxygen atoms in total. The van der Waals surface area contributed by atoms with Gasteiger partial charge >= 0.3 is 0 Å². The van der Waals surface area contributed by atoms with Gasteiger partial charge < -0.3 is 10.7 Å². The molecule has 0 amide bonds. The molecule has 0 saturated heterocycles. The number of nitrogens with one attached hydrogen (secondary N) is 1. The van der Waals surface area contributed by atoms with Crippen LogP contribution >= 0.6 is 0 Å². The van der Waals surface area contributed by atoms with Gasteiger partial charge in [0.05, 0.1) is 0 Å². The van der Waals surface area contributed by atoms with Gasteiger partial charge in [-0.25, -0.2) is 4.39 Å². The fraction of sp³-hybridized carbons (Fsp3) is 0. The van der Waals surface area contributed by atoms with E-state index < -0.39 is 0 Å². The third kappa shape index (κ3) is 2.49. The summed E-state index contributed by atoms with van der Waals surface area (Å²) in [5.41, 5.74) is 8.76. The van der Waals surface area contributed by atoms with E-state index >= 15 is 0 Å². The molecule has 0 aliphatic heterocycles. The van der Waals surface area contributed by atoms with E-state index in [1.807, 2.05) is 36.4 Å². The van der Waals surface area contributed by atoms with Gasteiger partial charge in [0.1, 0.15) is 23.3 Å². The number of nitrogen functional groups attached to an aromatic ring is 1. The molecular formula is C17H12FN3. The Kier molecular flexibility index (Phi) is 3.17. The molecule has 1 heterocycles. The predicted molar refractivity (Wildman–Crippen MR) is 82.8 cm³/mol. The summed E-state index contributed by atoms with van der Waals surface area (Å²) >= 11 is 0. The van der Waals surface area contributed by atoms with Crippen LogP contribution in [0.3, 0.4) is 0 Å². The molecule has 0 aliphatic carbocycles. The van der Waals surface area contributed by atoms with Gasteiger partial charge in [-0.1, -0.05) is 36.4 Å². The summed E-state index contributed by atoms with van der Waals surface area (Å²) in [6.45, 7) is 0. The van der Waals surface area contributed by atoms with Crippen LogP contribution in [0.5, 0.6) is 0 Å². The molecule has 2 aromatic carbocycles. The second-order valence-corrected chi connectivity index (χ2v) is 4.72. The maximum absolute atomic E-state index is 13.1. The normalized spacial score (nSPS) is 11.0. The average molecular weight is 277 g/mol. The van der Waals surface area contributed by atoms with Crippen LogP contribution < -0.4 is 5.73 Å². The van der Waals surface area contributed by atoms with Crippen LogP contribution in [-0.4, -0.2) is 4.98 Å². The average Bonchev–Trinajstić information content (AvgIpc) is 2.79. The lowest BCUT2D eigenvalue weighted by molar-refractivity contribution is 0.627. The summed E-state index contributed by atoms with van der Waals surface area (Å²) in [6.07, 6.45) is 3.72. The predicted octanol–water partition coefficient (Wildman–Crippen LogP) is 3.93. The molecule has 0 aliphatic rings. The van der Waals surface area contributed by atoms with Gasteiger partial charge in [0.2, 0.25) is 0 Å². The Morgan fingerprint density at radius 3 is 2.57 bits per heavy atom. The van der Waals surface area contributed by atoms with E-state index in [2.05, 4.69) is 11.1 Å². The molecule has 102 valence electrons. The third-order valence-electron chi connectivity index (χ3n) is 3.28. The SMILES string of the molecule is N#Cc1c(N)[nH]c2cc(C=Cc3cccc(F)c3)ccc12. The van der Waals surface area contributed by atoms with Crippen LogP contribution in [0, 0.1) is 17.1 Å². The van der Waals surface area contributed by atoms with Crippen LogP contribution in [0.15, 0.2) is 42.5 Å². The van der Waals surface area contributed by atoms with E-state index in [9.17, 15) is 4.39 Å². The van der Waals surface area contributed by atoms with Crippen molar-refractivity contribution in [2.45, 2.75) is 0 Å². The number of halogens is 1. The quantitative estimate of drug-likeness (QED) is 0.697. The van der Waals surface area contributed by atoms with Gasteiger partial charge in [-0.15, -0.1) is 0 Å². The molecule has 0 bridgehead atoms. The lowest BCUT2D eigenvalue weighted by atomic mass is 10.1. The number of rotatable bonds is 2. The van der Waals surface area contributed by atoms with Gasteiger partial charge in [-0.05, 0) is 29.3 Å². The first-order chi connectivity index (χ1) is 10.2. The van der Waals surface area contributed by atoms with Crippen molar-refractivity contribution in [2.24, 2.45) is 0 Å². The highest BCUT2D eigenvalue weighted by Gasteiger charge is 2.07. The van der Waals surface area contributed by atoms with Gasteiger partial charge in [0.15, 0.2) is 0 Å². The second kappa shape index (κ2) is 5.14. The number of H-pyrrole nitrogens is 1. The number of anilines is 1. The number of hydrogen-bond acceptors (Lipinski definition) is 2. The summed E-state index contributed by atoms with van der Waals surface area (Å²) < 4.78 is 13.1. The molecule has 4 heteroatoms. The van der Waals surface area contributed by atoms with Crippen LogP contribution in [0.25, 0.3) is 23.1 Å². The number of nitrogens with zero attached hydrogens (tertiary/aromatic N) is 1. The smallest absolute Gasteiger partial charge is 0.123 e. The van der Waals surface area contributed by atoms with Crippen molar-refractivity contribution in [3.8, 4) is 6.07 Å². The molecular weight excluding hydrogens is 265 g/mol. The number of fused-ring (bicyclic) bond motifs is 1. The molecule has 0 unspecified atom stereocenters. The molecule has 0 spiro atoms. The van der Waals surface area contributed by atoms with E-state index in [0.717, 1.165) is 22.0 Å². The molecule has 0 atom stereocenters. The molecule has 0 fully saturated rings. The van der Waals surface area contributed by atoms with Crippen molar-refractivity contribution < 1.29 is 4.39 Å². The Bertz CT molecular complexity index is 885. The Morgan fingerprint density at radius 1 is 1.10 bits per heavy atom. The summed E-state index contributed by atoms with van der Waals surface area (Å²) in [7, 11) is 0. The van der Waals surface area contributed by atoms with Crippen molar-refractivity contribution in [3.05, 3.63) is 65.0 Å². The molecule has 1 aromatic heterocycles. The van der Waals surface area contributed by atoms with E-state index in [1.54, 1.807) is 6.07 Å². The van der Waals surface area contributed by atoms with E-state index in [1.165, 1.54) is 12.1 Å². The second-order valence-electron chi connectivity index (χ2n) is 4.72. The lowest BCUT2D eigenvalue weighted by Gasteiger charge is -1.96. The highest BCUT2D eigenvalue weighted by molar-refractivity contribution is 5.92. The maximum atomic E-state index is 13.1. The minimum Gasteiger partial charge on any atom is -0.384 e. The van der Waals surface area contributed by atoms with Crippen molar-refractivity contribution in [1.82, 2.24) is 4.98 Å². The van der Waals surface area contributed by atoms with Crippen LogP contribution in [0.1, 0.15) is 16.7 Å². The summed E-state index contributed by atoms with van der Waals surface area (Å²) in [5.74, 6) is 0.113. The van der Waals surface area contributed by atoms with E-state index in [4.69, 9.17) is 11.0 Å². The molecule has 3 rings (SSSR count). The summed E-state index contributed by atoms with van der Waals surface area (Å²) in [4.78, 5) is 2.99. The first-order valence-electron chi connectivity index (χ1n) is 6.42. The van der Waals surface area contributed by atoms with Gasteiger partial charge in [-0.3, -0.25) is 0 Å². The summed E-state index contributed by atoms with van der Waals surface area (Å²) in [5, 5.41) is 9.86. The summed E-state index contributed by atoms with van der Waals surface area (Å²) in [6, 6.07) is 14.1. The first kappa shape index (κ1) is 12.9. The third-order valence-corrected chi connectivity index (χ3v) is 3.28. The van der Waals surface area contributed by atoms with Crippen LogP contribution in [0.2, 0.25) is 0 Å². The maximum Gasteiger partial charge on any atom is 0.123 e. The van der Waals surface area contributed by atoms with Crippen molar-refractivity contribution in [3.63, 3.8) is 0 Å². The van der Waals surface area contributed by atoms with Crippen molar-refractivity contribution >= 4 is 28.9 Å². The lowest BCUT2D eigenvalue weighted by Crippen LogP contribution is -1.85. The standard InChI is InChI=1S/C17H12FN3/c18-13-3-1-2-11(8-13)4-5-12-6-7-14-15(10-19)17(20)21-16(14)9-12/h1-9,21H,20H2. The number of hydrogen-bond donors (Lipinski definition) is 2. The number of nitriles is 1. The molecule has 3 N–H and O–H groups in total. The highest BCUT2D eigenvalue weighted by Crippen LogP contribution is 2.25. The Hall–Kier alpha value is -3.06. The molecule has 3 aromatic rings. The van der Waals surface area contributed by atoms with Gasteiger partial charge in [-0.2, -0.15) is 5.26 Å². The fourth-order valence-electron chi connectivity index (χ4n) is 2.26. The first-order valence-corrected chi connectivity index (χ1v) is 6.42. The van der Waals surface area contributed by atoms with Gasteiger partial charge in [0.25, 0.3) is 0 Å². The monoisotopic (exact) mass is 277 g/mol. The Morgan fingerprint density at radius 2 is 1.86 bits per heavy atom. The Balaban J connectivity index is 1.97. The number of benzene rings is 2. The van der Waals surface area contributed by atoms with Crippen molar-refractivity contribution in [1.29, 1.82) is 5.26 Å². The number of aromatic amines is 1. The zero-order chi connectivity index (χ0) is 14.8. The number of nitrogens with two attached hydrogens (primary N) is 1. The number of aromatic nitrogens is 1. The highest BCUT2D eigenvalue weighted by atomic mass is 19.1. The molecule has 0 saturated carbocycles. The zero-order valence-corrected chi connectivity index (χ0v) is 11.1. The Labute approximate surface area is 121 Å². The van der Waals surface area contributed by atoms with E-state index in [0.29, 0.717) is 11.4 Å². The topological polar surface area (TPSA) is 65.6 Å². The zero-order valence-electron chi connectivity index (χ0n) is 11.1.